The lowest BCUT2D eigenvalue weighted by Crippen LogP contribution is -2.25. The fourth-order valence-corrected chi connectivity index (χ4v) is 4.18. The molecule has 0 saturated heterocycles. The van der Waals surface area contributed by atoms with Gasteiger partial charge in [0.25, 0.3) is 5.56 Å². The van der Waals surface area contributed by atoms with Crippen LogP contribution in [0.15, 0.2) is 56.9 Å². The molecule has 0 aliphatic heterocycles. The highest BCUT2D eigenvalue weighted by atomic mass is 32.2. The highest BCUT2D eigenvalue weighted by molar-refractivity contribution is 7.98. The van der Waals surface area contributed by atoms with E-state index in [1.54, 1.807) is 30.9 Å². The summed E-state index contributed by atoms with van der Waals surface area (Å²) in [6.07, 6.45) is 0. The van der Waals surface area contributed by atoms with Gasteiger partial charge >= 0.3 is 0 Å². The predicted octanol–water partition coefficient (Wildman–Crippen LogP) is 4.34. The first kappa shape index (κ1) is 20.9. The van der Waals surface area contributed by atoms with Gasteiger partial charge in [0.2, 0.25) is 11.7 Å². The van der Waals surface area contributed by atoms with Gasteiger partial charge in [-0.1, -0.05) is 29.1 Å². The summed E-state index contributed by atoms with van der Waals surface area (Å²) in [6, 6.07) is 12.7. The van der Waals surface area contributed by atoms with Crippen molar-refractivity contribution in [3.05, 3.63) is 58.7 Å². The standard InChI is InChI=1S/C22H22N4O4S/c1-13(2)26-21(27)15-7-5-6-8-17(15)23-22(26)31-12-19-24-20(25-30-19)16-10-9-14(28-3)11-18(16)29-4/h5-11,13H,12H2,1-4H3. The maximum atomic E-state index is 12.9. The predicted molar refractivity (Wildman–Crippen MR) is 119 cm³/mol. The van der Waals surface area contributed by atoms with E-state index in [9.17, 15) is 4.79 Å². The van der Waals surface area contributed by atoms with Gasteiger partial charge in [-0.25, -0.2) is 4.98 Å². The maximum Gasteiger partial charge on any atom is 0.262 e. The minimum absolute atomic E-state index is 0.0334. The minimum atomic E-state index is -0.0581. The minimum Gasteiger partial charge on any atom is -0.497 e. The summed E-state index contributed by atoms with van der Waals surface area (Å²) < 4.78 is 17.8. The lowest BCUT2D eigenvalue weighted by molar-refractivity contribution is 0.388. The molecule has 0 unspecified atom stereocenters. The van der Waals surface area contributed by atoms with E-state index in [2.05, 4.69) is 15.1 Å². The molecule has 0 saturated carbocycles. The number of rotatable bonds is 7. The van der Waals surface area contributed by atoms with E-state index in [1.165, 1.54) is 11.8 Å². The van der Waals surface area contributed by atoms with Crippen LogP contribution in [0.2, 0.25) is 0 Å². The zero-order valence-corrected chi connectivity index (χ0v) is 18.5. The van der Waals surface area contributed by atoms with E-state index >= 15 is 0 Å². The number of nitrogens with zero attached hydrogens (tertiary/aromatic N) is 4. The molecule has 160 valence electrons. The van der Waals surface area contributed by atoms with Gasteiger partial charge in [0.15, 0.2) is 5.16 Å². The van der Waals surface area contributed by atoms with Crippen molar-refractivity contribution in [2.75, 3.05) is 14.2 Å². The first-order valence-corrected chi connectivity index (χ1v) is 10.7. The van der Waals surface area contributed by atoms with Crippen molar-refractivity contribution >= 4 is 22.7 Å². The Morgan fingerprint density at radius 1 is 1.10 bits per heavy atom. The zero-order chi connectivity index (χ0) is 22.0. The zero-order valence-electron chi connectivity index (χ0n) is 17.7. The van der Waals surface area contributed by atoms with Gasteiger partial charge < -0.3 is 14.0 Å². The van der Waals surface area contributed by atoms with Crippen molar-refractivity contribution in [1.82, 2.24) is 19.7 Å². The molecule has 0 amide bonds. The second-order valence-corrected chi connectivity index (χ2v) is 7.99. The molecule has 2 aromatic heterocycles. The van der Waals surface area contributed by atoms with E-state index < -0.39 is 0 Å². The van der Waals surface area contributed by atoms with Crippen LogP contribution in [-0.4, -0.2) is 33.9 Å². The fraction of sp³-hybridized carbons (Fsp3) is 0.273. The van der Waals surface area contributed by atoms with E-state index in [1.807, 2.05) is 44.2 Å². The molecule has 2 heterocycles. The van der Waals surface area contributed by atoms with Gasteiger partial charge in [-0.15, -0.1) is 0 Å². The Balaban J connectivity index is 1.62. The Hall–Kier alpha value is -3.33. The van der Waals surface area contributed by atoms with Crippen LogP contribution < -0.4 is 15.0 Å². The number of fused-ring (bicyclic) bond motifs is 1. The number of methoxy groups -OCH3 is 2. The number of thioether (sulfide) groups is 1. The van der Waals surface area contributed by atoms with Gasteiger partial charge in [-0.2, -0.15) is 4.98 Å². The van der Waals surface area contributed by atoms with Gasteiger partial charge in [0.1, 0.15) is 11.5 Å². The lowest BCUT2D eigenvalue weighted by atomic mass is 10.2. The van der Waals surface area contributed by atoms with Crippen molar-refractivity contribution in [1.29, 1.82) is 0 Å². The molecule has 0 bridgehead atoms. The Kier molecular flexibility index (Phi) is 5.94. The molecule has 0 atom stereocenters. The monoisotopic (exact) mass is 438 g/mol. The number of benzene rings is 2. The van der Waals surface area contributed by atoms with Crippen LogP contribution >= 0.6 is 11.8 Å². The van der Waals surface area contributed by atoms with Crippen molar-refractivity contribution in [2.45, 2.75) is 30.8 Å². The van der Waals surface area contributed by atoms with Crippen molar-refractivity contribution in [3.63, 3.8) is 0 Å². The number of ether oxygens (including phenoxy) is 2. The summed E-state index contributed by atoms with van der Waals surface area (Å²) in [5, 5.41) is 5.29. The fourth-order valence-electron chi connectivity index (χ4n) is 3.22. The summed E-state index contributed by atoms with van der Waals surface area (Å²) in [5.41, 5.74) is 1.31. The third-order valence-corrected chi connectivity index (χ3v) is 5.67. The second-order valence-electron chi connectivity index (χ2n) is 7.05. The van der Waals surface area contributed by atoms with E-state index in [0.717, 1.165) is 0 Å². The molecular weight excluding hydrogens is 416 g/mol. The second kappa shape index (κ2) is 8.81. The maximum absolute atomic E-state index is 12.9. The first-order valence-electron chi connectivity index (χ1n) is 9.71. The van der Waals surface area contributed by atoms with Crippen molar-refractivity contribution in [3.8, 4) is 22.9 Å². The Morgan fingerprint density at radius 2 is 1.90 bits per heavy atom. The number of aromatic nitrogens is 4. The molecule has 4 rings (SSSR count). The average Bonchev–Trinajstić information content (AvgIpc) is 3.25. The van der Waals surface area contributed by atoms with Gasteiger partial charge in [0.05, 0.1) is 36.4 Å². The van der Waals surface area contributed by atoms with Crippen LogP contribution in [0.1, 0.15) is 25.8 Å². The van der Waals surface area contributed by atoms with Crippen LogP contribution in [0, 0.1) is 0 Å². The largest absolute Gasteiger partial charge is 0.497 e. The molecule has 9 heteroatoms. The highest BCUT2D eigenvalue weighted by Gasteiger charge is 2.17. The van der Waals surface area contributed by atoms with Crippen LogP contribution in [0.3, 0.4) is 0 Å². The highest BCUT2D eigenvalue weighted by Crippen LogP contribution is 2.32. The quantitative estimate of drug-likeness (QED) is 0.311. The Morgan fingerprint density at radius 3 is 2.65 bits per heavy atom. The van der Waals surface area contributed by atoms with Gasteiger partial charge in [0, 0.05) is 12.1 Å². The van der Waals surface area contributed by atoms with E-state index in [4.69, 9.17) is 14.0 Å². The molecule has 0 N–H and O–H groups in total. The molecule has 8 nitrogen and oxygen atoms in total. The van der Waals surface area contributed by atoms with Gasteiger partial charge in [-0.05, 0) is 38.1 Å². The molecule has 0 aliphatic carbocycles. The third-order valence-electron chi connectivity index (χ3n) is 4.73. The van der Waals surface area contributed by atoms with Crippen LogP contribution in [0.4, 0.5) is 0 Å². The number of hydrogen-bond acceptors (Lipinski definition) is 8. The first-order chi connectivity index (χ1) is 15.0. The molecule has 31 heavy (non-hydrogen) atoms. The summed E-state index contributed by atoms with van der Waals surface area (Å²) in [7, 11) is 3.17. The van der Waals surface area contributed by atoms with E-state index in [0.29, 0.717) is 50.6 Å². The summed E-state index contributed by atoms with van der Waals surface area (Å²) in [4.78, 5) is 22.1. The Labute approximate surface area is 183 Å². The summed E-state index contributed by atoms with van der Waals surface area (Å²) in [6.45, 7) is 3.92. The summed E-state index contributed by atoms with van der Waals surface area (Å²) in [5.74, 6) is 2.49. The van der Waals surface area contributed by atoms with Gasteiger partial charge in [-0.3, -0.25) is 9.36 Å². The van der Waals surface area contributed by atoms with Crippen molar-refractivity contribution < 1.29 is 14.0 Å². The van der Waals surface area contributed by atoms with Crippen LogP contribution in [0.5, 0.6) is 11.5 Å². The van der Waals surface area contributed by atoms with E-state index in [-0.39, 0.29) is 11.6 Å². The number of para-hydroxylation sites is 1. The van der Waals surface area contributed by atoms with Crippen LogP contribution in [-0.2, 0) is 5.75 Å². The molecule has 0 aliphatic rings. The molecule has 0 spiro atoms. The molecule has 4 aromatic rings. The van der Waals surface area contributed by atoms with Crippen molar-refractivity contribution in [2.24, 2.45) is 0 Å². The molecule has 0 radical (unpaired) electrons. The van der Waals surface area contributed by atoms with Crippen LogP contribution in [0.25, 0.3) is 22.3 Å². The molecular formula is C22H22N4O4S. The molecule has 0 fully saturated rings. The SMILES string of the molecule is COc1ccc(-c2noc(CSc3nc4ccccc4c(=O)n3C(C)C)n2)c(OC)c1. The topological polar surface area (TPSA) is 92.3 Å². The Bertz CT molecular complexity index is 1280. The normalized spacial score (nSPS) is 11.3. The smallest absolute Gasteiger partial charge is 0.262 e. The number of hydrogen-bond donors (Lipinski definition) is 0. The molecule has 2 aromatic carbocycles. The average molecular weight is 439 g/mol. The third kappa shape index (κ3) is 4.13. The lowest BCUT2D eigenvalue weighted by Gasteiger charge is -2.15. The summed E-state index contributed by atoms with van der Waals surface area (Å²) >= 11 is 1.39.